The van der Waals surface area contributed by atoms with Gasteiger partial charge in [0.2, 0.25) is 0 Å². The smallest absolute Gasteiger partial charge is 0.270 e. The summed E-state index contributed by atoms with van der Waals surface area (Å²) in [7, 11) is 0. The van der Waals surface area contributed by atoms with Gasteiger partial charge in [0.15, 0.2) is 0 Å². The molecular weight excluding hydrogens is 224 g/mol. The van der Waals surface area contributed by atoms with Gasteiger partial charge in [-0.3, -0.25) is 4.79 Å². The summed E-state index contributed by atoms with van der Waals surface area (Å²) in [5.41, 5.74) is 1.73. The van der Waals surface area contributed by atoms with Gasteiger partial charge in [-0.1, -0.05) is 25.1 Å². The van der Waals surface area contributed by atoms with E-state index in [9.17, 15) is 4.79 Å². The van der Waals surface area contributed by atoms with E-state index in [4.69, 9.17) is 0 Å². The Balaban J connectivity index is 1.92. The SMILES string of the molecule is CC1CC(C)N(C(=O)c2cc3ccccc3[nH]2)C1. The van der Waals surface area contributed by atoms with Gasteiger partial charge in [-0.25, -0.2) is 0 Å². The Morgan fingerprint density at radius 3 is 2.78 bits per heavy atom. The number of nitrogens with zero attached hydrogens (tertiary/aromatic N) is 1. The first-order valence-electron chi connectivity index (χ1n) is 6.54. The molecule has 3 rings (SSSR count). The topological polar surface area (TPSA) is 36.1 Å². The summed E-state index contributed by atoms with van der Waals surface area (Å²) in [5.74, 6) is 0.733. The highest BCUT2D eigenvalue weighted by Gasteiger charge is 2.31. The molecule has 1 fully saturated rings. The molecule has 3 nitrogen and oxygen atoms in total. The fourth-order valence-corrected chi connectivity index (χ4v) is 2.93. The van der Waals surface area contributed by atoms with Crippen LogP contribution in [0.4, 0.5) is 0 Å². The van der Waals surface area contributed by atoms with Crippen LogP contribution < -0.4 is 0 Å². The van der Waals surface area contributed by atoms with E-state index in [0.29, 0.717) is 17.7 Å². The normalized spacial score (nSPS) is 23.8. The minimum absolute atomic E-state index is 0.128. The second-order valence-electron chi connectivity index (χ2n) is 5.42. The number of rotatable bonds is 1. The standard InChI is InChI=1S/C15H18N2O/c1-10-7-11(2)17(9-10)15(18)14-8-12-5-3-4-6-13(12)16-14/h3-6,8,10-11,16H,7,9H2,1-2H3. The van der Waals surface area contributed by atoms with Crippen LogP contribution in [-0.2, 0) is 0 Å². The van der Waals surface area contributed by atoms with Gasteiger partial charge in [0.05, 0.1) is 0 Å². The number of aromatic amines is 1. The van der Waals surface area contributed by atoms with Crippen molar-refractivity contribution in [3.8, 4) is 0 Å². The zero-order chi connectivity index (χ0) is 12.7. The Morgan fingerprint density at radius 1 is 1.33 bits per heavy atom. The maximum Gasteiger partial charge on any atom is 0.270 e. The molecule has 1 aliphatic rings. The number of nitrogens with one attached hydrogen (secondary N) is 1. The van der Waals surface area contributed by atoms with E-state index < -0.39 is 0 Å². The molecule has 18 heavy (non-hydrogen) atoms. The minimum Gasteiger partial charge on any atom is -0.351 e. The van der Waals surface area contributed by atoms with E-state index >= 15 is 0 Å². The van der Waals surface area contributed by atoms with E-state index in [1.807, 2.05) is 35.2 Å². The lowest BCUT2D eigenvalue weighted by molar-refractivity contribution is 0.0739. The van der Waals surface area contributed by atoms with Crippen LogP contribution in [0.15, 0.2) is 30.3 Å². The Labute approximate surface area is 107 Å². The van der Waals surface area contributed by atoms with Crippen molar-refractivity contribution in [1.29, 1.82) is 0 Å². The number of likely N-dealkylation sites (tertiary alicyclic amines) is 1. The van der Waals surface area contributed by atoms with Gasteiger partial charge in [-0.05, 0) is 31.4 Å². The van der Waals surface area contributed by atoms with E-state index in [2.05, 4.69) is 18.8 Å². The van der Waals surface area contributed by atoms with Crippen LogP contribution in [0.1, 0.15) is 30.8 Å². The summed E-state index contributed by atoms with van der Waals surface area (Å²) in [5, 5.41) is 1.10. The second-order valence-corrected chi connectivity index (χ2v) is 5.42. The summed E-state index contributed by atoms with van der Waals surface area (Å²) in [6.45, 7) is 5.20. The molecule has 0 aliphatic carbocycles. The molecule has 1 N–H and O–H groups in total. The van der Waals surface area contributed by atoms with Gasteiger partial charge in [0.1, 0.15) is 5.69 Å². The first-order valence-corrected chi connectivity index (χ1v) is 6.54. The Bertz CT molecular complexity index is 554. The summed E-state index contributed by atoms with van der Waals surface area (Å²) in [6, 6.07) is 10.3. The molecule has 2 atom stereocenters. The Morgan fingerprint density at radius 2 is 2.11 bits per heavy atom. The van der Waals surface area contributed by atoms with Crippen molar-refractivity contribution in [2.75, 3.05) is 6.54 Å². The van der Waals surface area contributed by atoms with E-state index in [0.717, 1.165) is 23.9 Å². The number of H-pyrrole nitrogens is 1. The second kappa shape index (κ2) is 4.16. The zero-order valence-corrected chi connectivity index (χ0v) is 10.8. The van der Waals surface area contributed by atoms with Gasteiger partial charge < -0.3 is 9.88 Å². The molecule has 0 spiro atoms. The van der Waals surface area contributed by atoms with Crippen molar-refractivity contribution in [3.63, 3.8) is 0 Å². The molecule has 1 aliphatic heterocycles. The number of hydrogen-bond acceptors (Lipinski definition) is 1. The molecule has 0 saturated carbocycles. The third-order valence-corrected chi connectivity index (χ3v) is 3.81. The first kappa shape index (κ1) is 11.3. The fourth-order valence-electron chi connectivity index (χ4n) is 2.93. The highest BCUT2D eigenvalue weighted by atomic mass is 16.2. The molecule has 3 heteroatoms. The van der Waals surface area contributed by atoms with Crippen molar-refractivity contribution >= 4 is 16.8 Å². The zero-order valence-electron chi connectivity index (χ0n) is 10.8. The van der Waals surface area contributed by atoms with E-state index in [-0.39, 0.29) is 5.91 Å². The number of aromatic nitrogens is 1. The van der Waals surface area contributed by atoms with Gasteiger partial charge in [0, 0.05) is 23.5 Å². The van der Waals surface area contributed by atoms with Gasteiger partial charge in [-0.2, -0.15) is 0 Å². The predicted octanol–water partition coefficient (Wildman–Crippen LogP) is 3.04. The molecule has 0 radical (unpaired) electrons. The van der Waals surface area contributed by atoms with Crippen molar-refractivity contribution < 1.29 is 4.79 Å². The van der Waals surface area contributed by atoms with Crippen LogP contribution in [0, 0.1) is 5.92 Å². The van der Waals surface area contributed by atoms with Crippen molar-refractivity contribution in [3.05, 3.63) is 36.0 Å². The number of carbonyl (C=O) groups excluding carboxylic acids is 1. The lowest BCUT2D eigenvalue weighted by Gasteiger charge is -2.20. The summed E-state index contributed by atoms with van der Waals surface area (Å²) in [6.07, 6.45) is 1.10. The number of benzene rings is 1. The molecule has 2 aromatic rings. The summed E-state index contributed by atoms with van der Waals surface area (Å²) >= 11 is 0. The molecule has 0 bridgehead atoms. The molecule has 94 valence electrons. The van der Waals surface area contributed by atoms with Crippen LogP contribution in [-0.4, -0.2) is 28.4 Å². The summed E-state index contributed by atoms with van der Waals surface area (Å²) < 4.78 is 0. The van der Waals surface area contributed by atoms with Crippen LogP contribution in [0.5, 0.6) is 0 Å². The van der Waals surface area contributed by atoms with Crippen LogP contribution >= 0.6 is 0 Å². The molecule has 1 amide bonds. The number of fused-ring (bicyclic) bond motifs is 1. The maximum atomic E-state index is 12.5. The van der Waals surface area contributed by atoms with E-state index in [1.165, 1.54) is 0 Å². The number of hydrogen-bond donors (Lipinski definition) is 1. The lowest BCUT2D eigenvalue weighted by Crippen LogP contribution is -2.34. The average molecular weight is 242 g/mol. The highest BCUT2D eigenvalue weighted by molar-refractivity contribution is 5.98. The molecule has 2 unspecified atom stereocenters. The highest BCUT2D eigenvalue weighted by Crippen LogP contribution is 2.25. The van der Waals surface area contributed by atoms with Gasteiger partial charge >= 0.3 is 0 Å². The quantitative estimate of drug-likeness (QED) is 0.819. The largest absolute Gasteiger partial charge is 0.351 e. The van der Waals surface area contributed by atoms with Crippen molar-refractivity contribution in [2.45, 2.75) is 26.3 Å². The fraction of sp³-hybridized carbons (Fsp3) is 0.400. The van der Waals surface area contributed by atoms with Crippen LogP contribution in [0.25, 0.3) is 10.9 Å². The minimum atomic E-state index is 0.128. The van der Waals surface area contributed by atoms with Crippen molar-refractivity contribution in [1.82, 2.24) is 9.88 Å². The van der Waals surface area contributed by atoms with Gasteiger partial charge in [0.25, 0.3) is 5.91 Å². The molecule has 1 aromatic carbocycles. The molecular formula is C15H18N2O. The lowest BCUT2D eigenvalue weighted by atomic mass is 10.1. The third-order valence-electron chi connectivity index (χ3n) is 3.81. The molecule has 1 saturated heterocycles. The first-order chi connectivity index (χ1) is 8.65. The van der Waals surface area contributed by atoms with Crippen molar-refractivity contribution in [2.24, 2.45) is 5.92 Å². The van der Waals surface area contributed by atoms with E-state index in [1.54, 1.807) is 0 Å². The molecule has 2 heterocycles. The monoisotopic (exact) mass is 242 g/mol. The average Bonchev–Trinajstić information content (AvgIpc) is 2.91. The third kappa shape index (κ3) is 1.80. The number of carbonyl (C=O) groups is 1. The Kier molecular flexibility index (Phi) is 2.62. The Hall–Kier alpha value is -1.77. The van der Waals surface area contributed by atoms with Crippen LogP contribution in [0.2, 0.25) is 0 Å². The summed E-state index contributed by atoms with van der Waals surface area (Å²) in [4.78, 5) is 17.7. The maximum absolute atomic E-state index is 12.5. The predicted molar refractivity (Wildman–Crippen MR) is 72.6 cm³/mol. The van der Waals surface area contributed by atoms with Gasteiger partial charge in [-0.15, -0.1) is 0 Å². The number of amides is 1. The number of para-hydroxylation sites is 1. The van der Waals surface area contributed by atoms with Crippen LogP contribution in [0.3, 0.4) is 0 Å². The molecule has 1 aromatic heterocycles.